The van der Waals surface area contributed by atoms with Crippen LogP contribution in [0.3, 0.4) is 0 Å². The first-order chi connectivity index (χ1) is 12.0. The fourth-order valence-electron chi connectivity index (χ4n) is 3.19. The highest BCUT2D eigenvalue weighted by atomic mass is 35.5. The van der Waals surface area contributed by atoms with Crippen molar-refractivity contribution in [2.24, 2.45) is 7.05 Å². The number of aliphatic hydroxyl groups excluding tert-OH is 1. The molecule has 0 aliphatic carbocycles. The minimum Gasteiger partial charge on any atom is -0.396 e. The number of hydrogen-bond acceptors (Lipinski definition) is 2. The molecule has 130 valence electrons. The molecule has 0 radical (unpaired) electrons. The summed E-state index contributed by atoms with van der Waals surface area (Å²) in [5.74, 6) is -0.0644. The molecular formula is C20H21ClN2O2. The highest BCUT2D eigenvalue weighted by molar-refractivity contribution is 6.31. The number of nitrogens with zero attached hydrogens (tertiary/aromatic N) is 2. The van der Waals surface area contributed by atoms with E-state index in [-0.39, 0.29) is 12.5 Å². The molecular weight excluding hydrogens is 336 g/mol. The molecule has 0 saturated heterocycles. The van der Waals surface area contributed by atoms with Gasteiger partial charge in [0.05, 0.1) is 5.69 Å². The topological polar surface area (TPSA) is 45.5 Å². The van der Waals surface area contributed by atoms with E-state index in [1.54, 1.807) is 11.9 Å². The molecule has 0 aliphatic rings. The first-order valence-corrected chi connectivity index (χ1v) is 8.62. The number of aliphatic hydroxyl groups is 1. The van der Waals surface area contributed by atoms with Gasteiger partial charge in [-0.3, -0.25) is 4.79 Å². The van der Waals surface area contributed by atoms with Crippen LogP contribution in [0.1, 0.15) is 16.9 Å². The molecule has 0 saturated carbocycles. The zero-order valence-electron chi connectivity index (χ0n) is 14.4. The quantitative estimate of drug-likeness (QED) is 0.752. The van der Waals surface area contributed by atoms with Crippen LogP contribution in [0.5, 0.6) is 0 Å². The van der Waals surface area contributed by atoms with E-state index in [9.17, 15) is 4.79 Å². The minimum atomic E-state index is -0.0644. The second-order valence-electron chi connectivity index (χ2n) is 6.12. The molecule has 1 aromatic heterocycles. The average Bonchev–Trinajstić information content (AvgIpc) is 2.90. The van der Waals surface area contributed by atoms with Crippen molar-refractivity contribution in [3.05, 3.63) is 59.2 Å². The highest BCUT2D eigenvalue weighted by Gasteiger charge is 2.23. The van der Waals surface area contributed by atoms with Crippen LogP contribution in [0, 0.1) is 0 Å². The summed E-state index contributed by atoms with van der Waals surface area (Å²) in [6, 6.07) is 15.6. The van der Waals surface area contributed by atoms with Crippen LogP contribution < -0.4 is 0 Å². The molecule has 0 aliphatic heterocycles. The Morgan fingerprint density at radius 2 is 1.88 bits per heavy atom. The van der Waals surface area contributed by atoms with Crippen molar-refractivity contribution in [3.8, 4) is 11.3 Å². The zero-order valence-corrected chi connectivity index (χ0v) is 15.1. The Morgan fingerprint density at radius 1 is 1.16 bits per heavy atom. The summed E-state index contributed by atoms with van der Waals surface area (Å²) in [6.07, 6.45) is 0.558. The smallest absolute Gasteiger partial charge is 0.270 e. The van der Waals surface area contributed by atoms with Crippen LogP contribution in [0.15, 0.2) is 48.5 Å². The Morgan fingerprint density at radius 3 is 2.56 bits per heavy atom. The van der Waals surface area contributed by atoms with E-state index in [0.717, 1.165) is 22.0 Å². The maximum absolute atomic E-state index is 13.0. The van der Waals surface area contributed by atoms with E-state index in [4.69, 9.17) is 16.7 Å². The zero-order chi connectivity index (χ0) is 18.0. The lowest BCUT2D eigenvalue weighted by Crippen LogP contribution is -2.30. The van der Waals surface area contributed by atoms with Gasteiger partial charge in [0.1, 0.15) is 5.69 Å². The maximum atomic E-state index is 13.0. The van der Waals surface area contributed by atoms with Gasteiger partial charge >= 0.3 is 0 Å². The number of benzene rings is 2. The molecule has 0 atom stereocenters. The van der Waals surface area contributed by atoms with Crippen molar-refractivity contribution in [3.63, 3.8) is 0 Å². The summed E-state index contributed by atoms with van der Waals surface area (Å²) in [4.78, 5) is 14.7. The lowest BCUT2D eigenvalue weighted by Gasteiger charge is -2.17. The molecule has 0 fully saturated rings. The highest BCUT2D eigenvalue weighted by Crippen LogP contribution is 2.35. The molecule has 4 nitrogen and oxygen atoms in total. The van der Waals surface area contributed by atoms with Gasteiger partial charge in [-0.25, -0.2) is 0 Å². The number of carbonyl (C=O) groups excluding carboxylic acids is 1. The number of halogens is 1. The SMILES string of the molecule is CN(CCCO)C(=O)c1c2ccc(Cl)cc2c(-c2ccccc2)n1C. The van der Waals surface area contributed by atoms with Crippen molar-refractivity contribution in [2.75, 3.05) is 20.2 Å². The molecule has 1 heterocycles. The Hall–Kier alpha value is -2.30. The predicted molar refractivity (Wildman–Crippen MR) is 102 cm³/mol. The van der Waals surface area contributed by atoms with Gasteiger partial charge < -0.3 is 14.6 Å². The van der Waals surface area contributed by atoms with Crippen molar-refractivity contribution in [1.82, 2.24) is 9.47 Å². The summed E-state index contributed by atoms with van der Waals surface area (Å²) in [7, 11) is 3.66. The van der Waals surface area contributed by atoms with Crippen molar-refractivity contribution >= 4 is 28.3 Å². The van der Waals surface area contributed by atoms with E-state index in [1.807, 2.05) is 60.1 Å². The van der Waals surface area contributed by atoms with Crippen molar-refractivity contribution < 1.29 is 9.90 Å². The molecule has 3 aromatic rings. The van der Waals surface area contributed by atoms with Gasteiger partial charge in [0.2, 0.25) is 0 Å². The van der Waals surface area contributed by atoms with Crippen LogP contribution >= 0.6 is 11.6 Å². The monoisotopic (exact) mass is 356 g/mol. The van der Waals surface area contributed by atoms with Crippen molar-refractivity contribution in [2.45, 2.75) is 6.42 Å². The first-order valence-electron chi connectivity index (χ1n) is 8.24. The van der Waals surface area contributed by atoms with Gasteiger partial charge in [0.15, 0.2) is 0 Å². The van der Waals surface area contributed by atoms with E-state index in [1.165, 1.54) is 0 Å². The Balaban J connectivity index is 2.20. The molecule has 5 heteroatoms. The van der Waals surface area contributed by atoms with Crippen LogP contribution in [0.2, 0.25) is 5.02 Å². The third-order valence-electron chi connectivity index (χ3n) is 4.41. The van der Waals surface area contributed by atoms with E-state index >= 15 is 0 Å². The normalized spacial score (nSPS) is 11.0. The fourth-order valence-corrected chi connectivity index (χ4v) is 3.36. The largest absolute Gasteiger partial charge is 0.396 e. The molecule has 25 heavy (non-hydrogen) atoms. The molecule has 0 bridgehead atoms. The second-order valence-corrected chi connectivity index (χ2v) is 6.55. The third-order valence-corrected chi connectivity index (χ3v) is 4.65. The standard InChI is InChI=1S/C20H21ClN2O2/c1-22(11-6-12-24)20(25)19-16-10-9-15(21)13-17(16)18(23(19)2)14-7-4-3-5-8-14/h3-5,7-10,13,24H,6,11-12H2,1-2H3. The lowest BCUT2D eigenvalue weighted by molar-refractivity contribution is 0.0779. The van der Waals surface area contributed by atoms with Gasteiger partial charge in [0.25, 0.3) is 5.91 Å². The van der Waals surface area contributed by atoms with Crippen LogP contribution in [0.25, 0.3) is 22.0 Å². The number of hydrogen-bond donors (Lipinski definition) is 1. The Kier molecular flexibility index (Phi) is 5.11. The number of aromatic nitrogens is 1. The Labute approximate surface area is 152 Å². The first kappa shape index (κ1) is 17.5. The third kappa shape index (κ3) is 3.28. The summed E-state index contributed by atoms with van der Waals surface area (Å²) in [5, 5.41) is 11.5. The van der Waals surface area contributed by atoms with Gasteiger partial charge in [0, 0.05) is 43.0 Å². The van der Waals surface area contributed by atoms with Gasteiger partial charge in [-0.1, -0.05) is 48.0 Å². The molecule has 2 aromatic carbocycles. The molecule has 3 rings (SSSR count). The molecule has 0 spiro atoms. The maximum Gasteiger partial charge on any atom is 0.270 e. The minimum absolute atomic E-state index is 0.0644. The van der Waals surface area contributed by atoms with Crippen molar-refractivity contribution in [1.29, 1.82) is 0 Å². The van der Waals surface area contributed by atoms with Crippen LogP contribution in [-0.2, 0) is 7.05 Å². The number of amides is 1. The number of carbonyl (C=O) groups is 1. The van der Waals surface area contributed by atoms with E-state index < -0.39 is 0 Å². The second kappa shape index (κ2) is 7.30. The Bertz CT molecular complexity index is 903. The summed E-state index contributed by atoms with van der Waals surface area (Å²) in [6.45, 7) is 0.576. The van der Waals surface area contributed by atoms with Crippen LogP contribution in [0.4, 0.5) is 0 Å². The molecule has 1 N–H and O–H groups in total. The molecule has 0 unspecified atom stereocenters. The number of fused-ring (bicyclic) bond motifs is 1. The average molecular weight is 357 g/mol. The van der Waals surface area contributed by atoms with Crippen LogP contribution in [-0.4, -0.2) is 40.7 Å². The summed E-state index contributed by atoms with van der Waals surface area (Å²) < 4.78 is 1.94. The lowest BCUT2D eigenvalue weighted by atomic mass is 10.1. The summed E-state index contributed by atoms with van der Waals surface area (Å²) in [5.41, 5.74) is 2.64. The summed E-state index contributed by atoms with van der Waals surface area (Å²) >= 11 is 6.22. The van der Waals surface area contributed by atoms with E-state index in [0.29, 0.717) is 23.7 Å². The van der Waals surface area contributed by atoms with Gasteiger partial charge in [-0.05, 0) is 24.1 Å². The molecule has 1 amide bonds. The van der Waals surface area contributed by atoms with Gasteiger partial charge in [-0.15, -0.1) is 0 Å². The fraction of sp³-hybridized carbons (Fsp3) is 0.250. The number of rotatable bonds is 5. The van der Waals surface area contributed by atoms with Gasteiger partial charge in [-0.2, -0.15) is 0 Å². The van der Waals surface area contributed by atoms with E-state index in [2.05, 4.69) is 0 Å². The predicted octanol–water partition coefficient (Wildman–Crippen LogP) is 3.95.